The molecule has 4 rings (SSSR count). The summed E-state index contributed by atoms with van der Waals surface area (Å²) in [4.78, 5) is 32.1. The van der Waals surface area contributed by atoms with Crippen LogP contribution in [-0.4, -0.2) is 60.1 Å². The van der Waals surface area contributed by atoms with E-state index >= 15 is 0 Å². The highest BCUT2D eigenvalue weighted by Crippen LogP contribution is 2.43. The van der Waals surface area contributed by atoms with Crippen LogP contribution in [0.1, 0.15) is 5.56 Å². The molecule has 2 aromatic carbocycles. The number of carbonyl (C=O) groups is 2. The number of piperazine rings is 1. The van der Waals surface area contributed by atoms with Crippen LogP contribution in [-0.2, 0) is 16.0 Å². The first kappa shape index (κ1) is 23.7. The van der Waals surface area contributed by atoms with Crippen molar-refractivity contribution in [2.45, 2.75) is 11.7 Å². The summed E-state index contributed by atoms with van der Waals surface area (Å²) in [6.45, 7) is 2.56. The van der Waals surface area contributed by atoms with Crippen molar-refractivity contribution in [3.05, 3.63) is 74.7 Å². The van der Waals surface area contributed by atoms with Gasteiger partial charge in [-0.2, -0.15) is 5.26 Å². The van der Waals surface area contributed by atoms with Gasteiger partial charge < -0.3 is 9.80 Å². The van der Waals surface area contributed by atoms with Gasteiger partial charge in [0.15, 0.2) is 0 Å². The van der Waals surface area contributed by atoms with Gasteiger partial charge in [0.1, 0.15) is 16.7 Å². The fourth-order valence-corrected chi connectivity index (χ4v) is 5.55. The summed E-state index contributed by atoms with van der Waals surface area (Å²) >= 11 is 13.8. The maximum Gasteiger partial charge on any atom is 0.267 e. The molecule has 2 amide bonds. The molecule has 0 saturated carbocycles. The molecule has 1 atom stereocenters. The molecule has 9 heteroatoms. The summed E-state index contributed by atoms with van der Waals surface area (Å²) in [7, 11) is 2.00. The quantitative estimate of drug-likeness (QED) is 0.464. The summed E-state index contributed by atoms with van der Waals surface area (Å²) in [5.41, 5.74) is 1.35. The van der Waals surface area contributed by atoms with Crippen molar-refractivity contribution < 1.29 is 9.59 Å². The topological polar surface area (TPSA) is 67.6 Å². The Balaban J connectivity index is 1.72. The minimum atomic E-state index is -0.542. The van der Waals surface area contributed by atoms with Crippen molar-refractivity contribution in [2.75, 3.05) is 38.1 Å². The molecule has 0 radical (unpaired) electrons. The van der Waals surface area contributed by atoms with E-state index in [2.05, 4.69) is 11.0 Å². The van der Waals surface area contributed by atoms with Gasteiger partial charge in [-0.25, -0.2) is 0 Å². The molecule has 1 unspecified atom stereocenters. The second kappa shape index (κ2) is 10.2. The molecular weight excluding hydrogens is 479 g/mol. The number of rotatable bonds is 4. The predicted molar refractivity (Wildman–Crippen MR) is 132 cm³/mol. The molecule has 0 spiro atoms. The molecule has 0 bridgehead atoms. The van der Waals surface area contributed by atoms with Crippen LogP contribution in [0.15, 0.2) is 59.1 Å². The Morgan fingerprint density at radius 3 is 2.45 bits per heavy atom. The molecular formula is C24H22Cl2N4O2S. The van der Waals surface area contributed by atoms with Crippen LogP contribution in [0.25, 0.3) is 0 Å². The number of nitrogens with zero attached hydrogens (tertiary/aromatic N) is 4. The highest BCUT2D eigenvalue weighted by atomic mass is 35.5. The largest absolute Gasteiger partial charge is 0.335 e. The van der Waals surface area contributed by atoms with Gasteiger partial charge >= 0.3 is 0 Å². The smallest absolute Gasteiger partial charge is 0.267 e. The zero-order chi connectivity index (χ0) is 23.5. The Morgan fingerprint density at radius 2 is 1.79 bits per heavy atom. The standard InChI is InChI=1S/C24H22Cl2N4O2S/c1-28-10-12-29(13-11-28)22(31)18(15-27)24-30(17-7-3-2-4-8-17)23(32)20(33-24)14-16-6-5-9-19(25)21(16)26/h2-9,20H,10-14H2,1H3/b24-18-. The lowest BCUT2D eigenvalue weighted by Crippen LogP contribution is -2.47. The third-order valence-electron chi connectivity index (χ3n) is 5.73. The fourth-order valence-electron chi connectivity index (χ4n) is 3.86. The lowest BCUT2D eigenvalue weighted by atomic mass is 10.1. The number of anilines is 1. The van der Waals surface area contributed by atoms with Crippen LogP contribution in [0.3, 0.4) is 0 Å². The lowest BCUT2D eigenvalue weighted by molar-refractivity contribution is -0.128. The summed E-state index contributed by atoms with van der Waals surface area (Å²) in [5, 5.41) is 10.6. The van der Waals surface area contributed by atoms with Gasteiger partial charge in [0.2, 0.25) is 5.91 Å². The fraction of sp³-hybridized carbons (Fsp3) is 0.292. The van der Waals surface area contributed by atoms with Crippen molar-refractivity contribution in [2.24, 2.45) is 0 Å². The number of thioether (sulfide) groups is 1. The summed E-state index contributed by atoms with van der Waals surface area (Å²) in [5.74, 6) is -0.542. The Morgan fingerprint density at radius 1 is 1.09 bits per heavy atom. The van der Waals surface area contributed by atoms with E-state index in [9.17, 15) is 14.9 Å². The zero-order valence-corrected chi connectivity index (χ0v) is 20.3. The number of hydrogen-bond acceptors (Lipinski definition) is 5. The molecule has 2 fully saturated rings. The van der Waals surface area contributed by atoms with Crippen LogP contribution in [0.5, 0.6) is 0 Å². The molecule has 170 valence electrons. The first-order chi connectivity index (χ1) is 15.9. The van der Waals surface area contributed by atoms with Gasteiger partial charge in [-0.05, 0) is 37.2 Å². The minimum Gasteiger partial charge on any atom is -0.335 e. The van der Waals surface area contributed by atoms with Gasteiger partial charge in [0, 0.05) is 31.9 Å². The number of halogens is 2. The molecule has 2 aliphatic heterocycles. The molecule has 0 aliphatic carbocycles. The first-order valence-electron chi connectivity index (χ1n) is 10.5. The second-order valence-electron chi connectivity index (χ2n) is 7.92. The van der Waals surface area contributed by atoms with Crippen LogP contribution < -0.4 is 4.90 Å². The second-order valence-corrected chi connectivity index (χ2v) is 9.90. The van der Waals surface area contributed by atoms with E-state index in [1.54, 1.807) is 29.2 Å². The number of para-hydroxylation sites is 1. The van der Waals surface area contributed by atoms with Crippen LogP contribution in [0.2, 0.25) is 10.0 Å². The summed E-state index contributed by atoms with van der Waals surface area (Å²) in [6.07, 6.45) is 0.330. The van der Waals surface area contributed by atoms with Gasteiger partial charge in [-0.1, -0.05) is 65.3 Å². The molecule has 0 aromatic heterocycles. The van der Waals surface area contributed by atoms with E-state index in [1.165, 1.54) is 16.7 Å². The predicted octanol–water partition coefficient (Wildman–Crippen LogP) is 4.19. The van der Waals surface area contributed by atoms with E-state index in [0.29, 0.717) is 40.3 Å². The number of amides is 2. The lowest BCUT2D eigenvalue weighted by Gasteiger charge is -2.32. The maximum atomic E-state index is 13.5. The SMILES string of the molecule is CN1CCN(C(=O)/C(C#N)=C2\SC(Cc3cccc(Cl)c3Cl)C(=O)N2c2ccccc2)CC1. The Labute approximate surface area is 207 Å². The van der Waals surface area contributed by atoms with Crippen LogP contribution >= 0.6 is 35.0 Å². The summed E-state index contributed by atoms with van der Waals surface area (Å²) in [6, 6.07) is 16.5. The van der Waals surface area contributed by atoms with Crippen molar-refractivity contribution in [1.29, 1.82) is 5.26 Å². The highest BCUT2D eigenvalue weighted by molar-refractivity contribution is 8.05. The molecule has 2 aromatic rings. The van der Waals surface area contributed by atoms with E-state index in [-0.39, 0.29) is 17.4 Å². The third-order valence-corrected chi connectivity index (χ3v) is 7.85. The molecule has 2 saturated heterocycles. The van der Waals surface area contributed by atoms with Crippen LogP contribution in [0.4, 0.5) is 5.69 Å². The molecule has 2 aliphatic rings. The Bertz CT molecular complexity index is 1140. The van der Waals surface area contributed by atoms with Gasteiger partial charge in [-0.3, -0.25) is 14.5 Å². The van der Waals surface area contributed by atoms with Crippen molar-refractivity contribution in [3.63, 3.8) is 0 Å². The number of carbonyl (C=O) groups excluding carboxylic acids is 2. The maximum absolute atomic E-state index is 13.5. The average Bonchev–Trinajstić information content (AvgIpc) is 3.14. The molecule has 2 heterocycles. The Kier molecular flexibility index (Phi) is 7.30. The average molecular weight is 501 g/mol. The number of hydrogen-bond donors (Lipinski definition) is 0. The molecule has 0 N–H and O–H groups in total. The van der Waals surface area contributed by atoms with Crippen molar-refractivity contribution in [3.8, 4) is 6.07 Å². The Hall–Kier alpha value is -2.50. The first-order valence-corrected chi connectivity index (χ1v) is 12.1. The van der Waals surface area contributed by atoms with Gasteiger partial charge in [0.05, 0.1) is 15.3 Å². The zero-order valence-electron chi connectivity index (χ0n) is 18.0. The third kappa shape index (κ3) is 4.90. The molecule has 6 nitrogen and oxygen atoms in total. The van der Waals surface area contributed by atoms with E-state index in [4.69, 9.17) is 23.2 Å². The monoisotopic (exact) mass is 500 g/mol. The van der Waals surface area contributed by atoms with Crippen LogP contribution in [0, 0.1) is 11.3 Å². The van der Waals surface area contributed by atoms with E-state index in [0.717, 1.165) is 18.7 Å². The molecule has 33 heavy (non-hydrogen) atoms. The van der Waals surface area contributed by atoms with Crippen molar-refractivity contribution >= 4 is 52.5 Å². The number of likely N-dealkylation sites (N-methyl/N-ethyl adjacent to an activating group) is 1. The van der Waals surface area contributed by atoms with E-state index < -0.39 is 5.25 Å². The van der Waals surface area contributed by atoms with E-state index in [1.807, 2.05) is 31.3 Å². The van der Waals surface area contributed by atoms with Gasteiger partial charge in [0.25, 0.3) is 5.91 Å². The number of nitriles is 1. The highest BCUT2D eigenvalue weighted by Gasteiger charge is 2.41. The number of benzene rings is 2. The minimum absolute atomic E-state index is 0.0125. The normalized spacial score (nSPS) is 20.7. The summed E-state index contributed by atoms with van der Waals surface area (Å²) < 4.78 is 0. The van der Waals surface area contributed by atoms with Gasteiger partial charge in [-0.15, -0.1) is 0 Å². The van der Waals surface area contributed by atoms with Crippen molar-refractivity contribution in [1.82, 2.24) is 9.80 Å².